The van der Waals surface area contributed by atoms with Gasteiger partial charge in [0.15, 0.2) is 5.16 Å². The highest BCUT2D eigenvalue weighted by molar-refractivity contribution is 8.00. The number of aromatic nitrogens is 2. The minimum Gasteiger partial charge on any atom is -0.335 e. The molecule has 1 heterocycles. The van der Waals surface area contributed by atoms with Gasteiger partial charge in [0.25, 0.3) is 0 Å². The first-order chi connectivity index (χ1) is 11.6. The molecule has 0 unspecified atom stereocenters. The van der Waals surface area contributed by atoms with Gasteiger partial charge in [0, 0.05) is 25.0 Å². The first kappa shape index (κ1) is 16.6. The molecule has 24 heavy (non-hydrogen) atoms. The van der Waals surface area contributed by atoms with Crippen molar-refractivity contribution in [3.8, 4) is 0 Å². The van der Waals surface area contributed by atoms with Gasteiger partial charge < -0.3 is 9.88 Å². The van der Waals surface area contributed by atoms with E-state index in [-0.39, 0.29) is 11.9 Å². The van der Waals surface area contributed by atoms with E-state index in [1.165, 1.54) is 17.3 Å². The molecule has 0 spiro atoms. The molecule has 3 rings (SSSR count). The molecule has 1 aliphatic carbocycles. The number of amides is 3. The zero-order valence-corrected chi connectivity index (χ0v) is 14.3. The SMILES string of the molecule is C[C@H](Sc1nccn1Cc1ccccc1)C(=O)NC(=O)NC1CC1. The van der Waals surface area contributed by atoms with E-state index < -0.39 is 11.3 Å². The Kier molecular flexibility index (Phi) is 5.20. The minimum atomic E-state index is -0.414. The summed E-state index contributed by atoms with van der Waals surface area (Å²) in [4.78, 5) is 28.1. The molecule has 7 heteroatoms. The van der Waals surface area contributed by atoms with E-state index in [2.05, 4.69) is 15.6 Å². The largest absolute Gasteiger partial charge is 0.335 e. The molecule has 2 aromatic rings. The molecule has 1 aromatic heterocycles. The van der Waals surface area contributed by atoms with Crippen molar-refractivity contribution < 1.29 is 9.59 Å². The van der Waals surface area contributed by atoms with Crippen molar-refractivity contribution in [3.63, 3.8) is 0 Å². The van der Waals surface area contributed by atoms with Crippen LogP contribution in [0.4, 0.5) is 4.79 Å². The third-order valence-electron chi connectivity index (χ3n) is 3.67. The van der Waals surface area contributed by atoms with Gasteiger partial charge >= 0.3 is 6.03 Å². The number of nitrogens with one attached hydrogen (secondary N) is 2. The average molecular weight is 344 g/mol. The third-order valence-corrected chi connectivity index (χ3v) is 4.79. The molecule has 6 nitrogen and oxygen atoms in total. The Bertz CT molecular complexity index is 712. The summed E-state index contributed by atoms with van der Waals surface area (Å²) in [5.74, 6) is -0.313. The van der Waals surface area contributed by atoms with Crippen molar-refractivity contribution in [1.29, 1.82) is 0 Å². The number of nitrogens with zero attached hydrogens (tertiary/aromatic N) is 2. The molecule has 0 bridgehead atoms. The highest BCUT2D eigenvalue weighted by atomic mass is 32.2. The lowest BCUT2D eigenvalue weighted by molar-refractivity contribution is -0.119. The third kappa shape index (κ3) is 4.61. The number of imidazole rings is 1. The van der Waals surface area contributed by atoms with Gasteiger partial charge in [-0.1, -0.05) is 42.1 Å². The smallest absolute Gasteiger partial charge is 0.321 e. The topological polar surface area (TPSA) is 76.0 Å². The van der Waals surface area contributed by atoms with E-state index in [9.17, 15) is 9.59 Å². The number of thioether (sulfide) groups is 1. The number of carbonyl (C=O) groups excluding carboxylic acids is 2. The fourth-order valence-electron chi connectivity index (χ4n) is 2.19. The maximum absolute atomic E-state index is 12.1. The normalized spacial score (nSPS) is 14.9. The number of rotatable bonds is 6. The molecule has 1 fully saturated rings. The lowest BCUT2D eigenvalue weighted by Gasteiger charge is -2.13. The summed E-state index contributed by atoms with van der Waals surface area (Å²) < 4.78 is 1.99. The predicted molar refractivity (Wildman–Crippen MR) is 92.8 cm³/mol. The second-order valence-corrected chi connectivity index (χ2v) is 7.13. The van der Waals surface area contributed by atoms with Crippen LogP contribution in [0.25, 0.3) is 0 Å². The summed E-state index contributed by atoms with van der Waals surface area (Å²) in [6.07, 6.45) is 5.58. The van der Waals surface area contributed by atoms with E-state index in [0.717, 1.165) is 18.0 Å². The van der Waals surface area contributed by atoms with Gasteiger partial charge in [-0.2, -0.15) is 0 Å². The van der Waals surface area contributed by atoms with Gasteiger partial charge in [-0.05, 0) is 25.3 Å². The average Bonchev–Trinajstić information content (AvgIpc) is 3.27. The molecule has 126 valence electrons. The highest BCUT2D eigenvalue weighted by Gasteiger charge is 2.25. The number of carbonyl (C=O) groups is 2. The Morgan fingerprint density at radius 1 is 1.33 bits per heavy atom. The highest BCUT2D eigenvalue weighted by Crippen LogP contribution is 2.23. The van der Waals surface area contributed by atoms with Crippen LogP contribution in [0, 0.1) is 0 Å². The van der Waals surface area contributed by atoms with Crippen molar-refractivity contribution in [2.45, 2.75) is 42.8 Å². The first-order valence-electron chi connectivity index (χ1n) is 7.95. The van der Waals surface area contributed by atoms with Crippen LogP contribution in [-0.4, -0.2) is 32.8 Å². The molecule has 3 amide bonds. The lowest BCUT2D eigenvalue weighted by Crippen LogP contribution is -2.43. The first-order valence-corrected chi connectivity index (χ1v) is 8.83. The molecule has 2 N–H and O–H groups in total. The van der Waals surface area contributed by atoms with Crippen molar-refractivity contribution >= 4 is 23.7 Å². The lowest BCUT2D eigenvalue weighted by atomic mass is 10.2. The number of hydrogen-bond acceptors (Lipinski definition) is 4. The molecule has 1 aromatic carbocycles. The van der Waals surface area contributed by atoms with Gasteiger partial charge in [0.2, 0.25) is 5.91 Å². The fourth-order valence-corrected chi connectivity index (χ4v) is 3.05. The van der Waals surface area contributed by atoms with E-state index in [4.69, 9.17) is 0 Å². The van der Waals surface area contributed by atoms with E-state index >= 15 is 0 Å². The molecule has 0 radical (unpaired) electrons. The fraction of sp³-hybridized carbons (Fsp3) is 0.353. The molecule has 1 atom stereocenters. The van der Waals surface area contributed by atoms with Crippen LogP contribution in [-0.2, 0) is 11.3 Å². The second kappa shape index (κ2) is 7.53. The standard InChI is InChI=1S/C17H20N4O2S/c1-12(15(22)20-16(23)19-14-7-8-14)24-17-18-9-10-21(17)11-13-5-3-2-4-6-13/h2-6,9-10,12,14H,7-8,11H2,1H3,(H2,19,20,22,23)/t12-/m0/s1. The van der Waals surface area contributed by atoms with Gasteiger partial charge in [-0.15, -0.1) is 0 Å². The monoisotopic (exact) mass is 344 g/mol. The maximum Gasteiger partial charge on any atom is 0.321 e. The molecule has 0 saturated heterocycles. The predicted octanol–water partition coefficient (Wildman–Crippen LogP) is 2.40. The van der Waals surface area contributed by atoms with Crippen molar-refractivity contribution in [3.05, 3.63) is 48.3 Å². The van der Waals surface area contributed by atoms with Crippen molar-refractivity contribution in [2.75, 3.05) is 0 Å². The van der Waals surface area contributed by atoms with Crippen LogP contribution >= 0.6 is 11.8 Å². The summed E-state index contributed by atoms with van der Waals surface area (Å²) >= 11 is 1.34. The van der Waals surface area contributed by atoms with E-state index in [1.54, 1.807) is 13.1 Å². The summed E-state index contributed by atoms with van der Waals surface area (Å²) in [5, 5.41) is 5.47. The molecule has 1 aliphatic rings. The maximum atomic E-state index is 12.1. The summed E-state index contributed by atoms with van der Waals surface area (Å²) in [6, 6.07) is 9.88. The van der Waals surface area contributed by atoms with Gasteiger partial charge in [0.05, 0.1) is 5.25 Å². The van der Waals surface area contributed by atoms with Gasteiger partial charge in [-0.25, -0.2) is 9.78 Å². The zero-order valence-electron chi connectivity index (χ0n) is 13.4. The molecular weight excluding hydrogens is 324 g/mol. The van der Waals surface area contributed by atoms with Crippen molar-refractivity contribution in [2.24, 2.45) is 0 Å². The number of urea groups is 1. The number of hydrogen-bond donors (Lipinski definition) is 2. The molecule has 0 aliphatic heterocycles. The summed E-state index contributed by atoms with van der Waals surface area (Å²) in [6.45, 7) is 2.46. The van der Waals surface area contributed by atoms with Gasteiger partial charge in [-0.3, -0.25) is 10.1 Å². The Morgan fingerprint density at radius 3 is 2.79 bits per heavy atom. The van der Waals surface area contributed by atoms with Crippen LogP contribution in [0.3, 0.4) is 0 Å². The Hall–Kier alpha value is -2.28. The van der Waals surface area contributed by atoms with Crippen LogP contribution in [0.1, 0.15) is 25.3 Å². The summed E-state index contributed by atoms with van der Waals surface area (Å²) in [5.41, 5.74) is 1.17. The van der Waals surface area contributed by atoms with Crippen LogP contribution < -0.4 is 10.6 Å². The Balaban J connectivity index is 1.56. The number of imide groups is 1. The van der Waals surface area contributed by atoms with E-state index in [0.29, 0.717) is 6.54 Å². The van der Waals surface area contributed by atoms with Crippen LogP contribution in [0.5, 0.6) is 0 Å². The zero-order chi connectivity index (χ0) is 16.9. The van der Waals surface area contributed by atoms with Crippen LogP contribution in [0.15, 0.2) is 47.9 Å². The van der Waals surface area contributed by atoms with Crippen molar-refractivity contribution in [1.82, 2.24) is 20.2 Å². The van der Waals surface area contributed by atoms with Gasteiger partial charge in [0.1, 0.15) is 0 Å². The number of benzene rings is 1. The Labute approximate surface area is 145 Å². The quantitative estimate of drug-likeness (QED) is 0.789. The van der Waals surface area contributed by atoms with Crippen LogP contribution in [0.2, 0.25) is 0 Å². The molecule has 1 saturated carbocycles. The minimum absolute atomic E-state index is 0.227. The Morgan fingerprint density at radius 2 is 2.08 bits per heavy atom. The second-order valence-electron chi connectivity index (χ2n) is 5.82. The molecular formula is C17H20N4O2S. The summed E-state index contributed by atoms with van der Waals surface area (Å²) in [7, 11) is 0. The van der Waals surface area contributed by atoms with E-state index in [1.807, 2.05) is 41.1 Å².